The summed E-state index contributed by atoms with van der Waals surface area (Å²) < 4.78 is 40.8. The van der Waals surface area contributed by atoms with Crippen LogP contribution in [0.15, 0.2) is 30.3 Å². The van der Waals surface area contributed by atoms with Crippen LogP contribution in [0.4, 0.5) is 0 Å². The standard InChI is InChI=1S/C23H36O7/c1-22(2)27-14-20(15-28-22)25-12-19(11-24-10-18-8-6-5-7-9-18)13-26-21-16-29-23(3,4)30-17-21/h5-9,19-21H,10-17H2,1-4H3. The van der Waals surface area contributed by atoms with Crippen LogP contribution < -0.4 is 0 Å². The number of benzene rings is 1. The van der Waals surface area contributed by atoms with Gasteiger partial charge in [-0.15, -0.1) is 0 Å². The highest BCUT2D eigenvalue weighted by molar-refractivity contribution is 5.13. The molecule has 2 aliphatic heterocycles. The predicted molar refractivity (Wildman–Crippen MR) is 111 cm³/mol. The van der Waals surface area contributed by atoms with Gasteiger partial charge in [-0.25, -0.2) is 0 Å². The molecule has 0 unspecified atom stereocenters. The van der Waals surface area contributed by atoms with Crippen LogP contribution in [0.5, 0.6) is 0 Å². The van der Waals surface area contributed by atoms with E-state index in [0.29, 0.717) is 52.9 Å². The highest BCUT2D eigenvalue weighted by Gasteiger charge is 2.31. The lowest BCUT2D eigenvalue weighted by molar-refractivity contribution is -0.285. The van der Waals surface area contributed by atoms with Gasteiger partial charge in [0.1, 0.15) is 12.2 Å². The summed E-state index contributed by atoms with van der Waals surface area (Å²) in [6, 6.07) is 10.1. The summed E-state index contributed by atoms with van der Waals surface area (Å²) in [6.45, 7) is 11.8. The van der Waals surface area contributed by atoms with Crippen molar-refractivity contribution in [1.29, 1.82) is 0 Å². The average molecular weight is 425 g/mol. The van der Waals surface area contributed by atoms with Crippen molar-refractivity contribution < 1.29 is 33.2 Å². The Balaban J connectivity index is 1.44. The van der Waals surface area contributed by atoms with Crippen LogP contribution in [-0.4, -0.2) is 70.0 Å². The van der Waals surface area contributed by atoms with E-state index in [1.54, 1.807) is 0 Å². The third-order valence-corrected chi connectivity index (χ3v) is 5.07. The van der Waals surface area contributed by atoms with Gasteiger partial charge in [-0.3, -0.25) is 0 Å². The lowest BCUT2D eigenvalue weighted by Gasteiger charge is -2.36. The van der Waals surface area contributed by atoms with Gasteiger partial charge in [0, 0.05) is 5.92 Å². The first-order valence-electron chi connectivity index (χ1n) is 10.7. The fourth-order valence-corrected chi connectivity index (χ4v) is 3.15. The first kappa shape index (κ1) is 23.6. The Morgan fingerprint density at radius 1 is 0.767 bits per heavy atom. The molecule has 170 valence electrons. The Morgan fingerprint density at radius 2 is 1.23 bits per heavy atom. The normalized spacial score (nSPS) is 22.4. The Bertz CT molecular complexity index is 567. The Labute approximate surface area is 179 Å². The zero-order valence-corrected chi connectivity index (χ0v) is 18.6. The van der Waals surface area contributed by atoms with E-state index in [0.717, 1.165) is 5.56 Å². The van der Waals surface area contributed by atoms with Gasteiger partial charge in [0.15, 0.2) is 11.6 Å². The molecular weight excluding hydrogens is 388 g/mol. The smallest absolute Gasteiger partial charge is 0.163 e. The molecule has 0 saturated carbocycles. The molecule has 0 aliphatic carbocycles. The molecular formula is C23H36O7. The van der Waals surface area contributed by atoms with Crippen LogP contribution in [0.25, 0.3) is 0 Å². The molecule has 2 heterocycles. The molecule has 3 rings (SSSR count). The Hall–Kier alpha value is -1.06. The van der Waals surface area contributed by atoms with E-state index >= 15 is 0 Å². The third kappa shape index (κ3) is 8.23. The van der Waals surface area contributed by atoms with Crippen molar-refractivity contribution in [1.82, 2.24) is 0 Å². The van der Waals surface area contributed by atoms with Crippen LogP contribution in [0, 0.1) is 5.92 Å². The molecule has 0 aromatic heterocycles. The minimum absolute atomic E-state index is 0.0820. The second-order valence-electron chi connectivity index (χ2n) is 8.82. The molecule has 0 amide bonds. The van der Waals surface area contributed by atoms with Crippen LogP contribution in [0.2, 0.25) is 0 Å². The summed E-state index contributed by atoms with van der Waals surface area (Å²) in [5.74, 6) is -1.01. The summed E-state index contributed by atoms with van der Waals surface area (Å²) in [5, 5.41) is 0. The molecule has 30 heavy (non-hydrogen) atoms. The molecule has 2 saturated heterocycles. The predicted octanol–water partition coefficient (Wildman–Crippen LogP) is 3.16. The molecule has 0 N–H and O–H groups in total. The SMILES string of the molecule is CC1(C)OCC(OCC(COCc2ccccc2)COC2COC(C)(C)OC2)CO1. The summed E-state index contributed by atoms with van der Waals surface area (Å²) in [6.07, 6.45) is -0.173. The molecule has 0 spiro atoms. The first-order valence-corrected chi connectivity index (χ1v) is 10.7. The number of rotatable bonds is 10. The molecule has 7 nitrogen and oxygen atoms in total. The minimum atomic E-state index is -0.546. The van der Waals surface area contributed by atoms with Gasteiger partial charge in [0.25, 0.3) is 0 Å². The largest absolute Gasteiger partial charge is 0.376 e. The van der Waals surface area contributed by atoms with Gasteiger partial charge in [-0.2, -0.15) is 0 Å². The summed E-state index contributed by atoms with van der Waals surface area (Å²) in [7, 11) is 0. The fourth-order valence-electron chi connectivity index (χ4n) is 3.15. The van der Waals surface area contributed by atoms with Gasteiger partial charge in [-0.1, -0.05) is 30.3 Å². The van der Waals surface area contributed by atoms with E-state index in [2.05, 4.69) is 12.1 Å². The lowest BCUT2D eigenvalue weighted by Crippen LogP contribution is -2.45. The highest BCUT2D eigenvalue weighted by Crippen LogP contribution is 2.21. The minimum Gasteiger partial charge on any atom is -0.376 e. The van der Waals surface area contributed by atoms with E-state index in [4.69, 9.17) is 33.2 Å². The fraction of sp³-hybridized carbons (Fsp3) is 0.739. The highest BCUT2D eigenvalue weighted by atomic mass is 16.7. The van der Waals surface area contributed by atoms with Gasteiger partial charge in [0.05, 0.1) is 52.9 Å². The number of hydrogen-bond acceptors (Lipinski definition) is 7. The lowest BCUT2D eigenvalue weighted by atomic mass is 10.2. The molecule has 0 atom stereocenters. The molecule has 0 radical (unpaired) electrons. The molecule has 2 aliphatic rings. The van der Waals surface area contributed by atoms with Crippen LogP contribution >= 0.6 is 0 Å². The van der Waals surface area contributed by atoms with E-state index in [1.165, 1.54) is 0 Å². The maximum Gasteiger partial charge on any atom is 0.163 e. The van der Waals surface area contributed by atoms with Gasteiger partial charge in [-0.05, 0) is 33.3 Å². The van der Waals surface area contributed by atoms with Crippen LogP contribution in [0.3, 0.4) is 0 Å². The Morgan fingerprint density at radius 3 is 1.70 bits per heavy atom. The summed E-state index contributed by atoms with van der Waals surface area (Å²) in [5.41, 5.74) is 1.14. The van der Waals surface area contributed by atoms with Crippen molar-refractivity contribution in [3.63, 3.8) is 0 Å². The van der Waals surface area contributed by atoms with Crippen molar-refractivity contribution in [2.75, 3.05) is 46.2 Å². The number of hydrogen-bond donors (Lipinski definition) is 0. The maximum atomic E-state index is 6.04. The van der Waals surface area contributed by atoms with Crippen molar-refractivity contribution >= 4 is 0 Å². The van der Waals surface area contributed by atoms with Crippen molar-refractivity contribution in [2.45, 2.75) is 58.1 Å². The van der Waals surface area contributed by atoms with Crippen molar-refractivity contribution in [2.24, 2.45) is 5.92 Å². The molecule has 2 fully saturated rings. The Kier molecular flexibility index (Phi) is 8.65. The second-order valence-corrected chi connectivity index (χ2v) is 8.82. The van der Waals surface area contributed by atoms with Gasteiger partial charge >= 0.3 is 0 Å². The summed E-state index contributed by atoms with van der Waals surface area (Å²) >= 11 is 0. The first-order chi connectivity index (χ1) is 14.3. The molecule has 0 bridgehead atoms. The van der Waals surface area contributed by atoms with Crippen LogP contribution in [0.1, 0.15) is 33.3 Å². The number of ether oxygens (including phenoxy) is 7. The topological polar surface area (TPSA) is 64.6 Å². The van der Waals surface area contributed by atoms with Crippen LogP contribution in [-0.2, 0) is 39.8 Å². The molecule has 7 heteroatoms. The van der Waals surface area contributed by atoms with Crippen molar-refractivity contribution in [3.05, 3.63) is 35.9 Å². The average Bonchev–Trinajstić information content (AvgIpc) is 2.72. The summed E-state index contributed by atoms with van der Waals surface area (Å²) in [4.78, 5) is 0. The quantitative estimate of drug-likeness (QED) is 0.572. The zero-order valence-electron chi connectivity index (χ0n) is 18.6. The third-order valence-electron chi connectivity index (χ3n) is 5.07. The monoisotopic (exact) mass is 424 g/mol. The van der Waals surface area contributed by atoms with Crippen molar-refractivity contribution in [3.8, 4) is 0 Å². The van der Waals surface area contributed by atoms with Gasteiger partial charge < -0.3 is 33.2 Å². The van der Waals surface area contributed by atoms with Gasteiger partial charge in [0.2, 0.25) is 0 Å². The second kappa shape index (κ2) is 11.0. The van der Waals surface area contributed by atoms with E-state index < -0.39 is 11.6 Å². The molecule has 1 aromatic carbocycles. The van der Waals surface area contributed by atoms with E-state index in [1.807, 2.05) is 45.9 Å². The maximum absolute atomic E-state index is 6.04. The van der Waals surface area contributed by atoms with E-state index in [-0.39, 0.29) is 18.1 Å². The molecule has 1 aromatic rings. The van der Waals surface area contributed by atoms with E-state index in [9.17, 15) is 0 Å². The zero-order chi connectivity index (χ0) is 21.5.